The molecule has 2 heteroatoms. The summed E-state index contributed by atoms with van der Waals surface area (Å²) in [7, 11) is 0. The molecule has 1 fully saturated rings. The van der Waals surface area contributed by atoms with Crippen LogP contribution in [0.15, 0.2) is 18.2 Å². The molecule has 1 saturated carbocycles. The minimum Gasteiger partial charge on any atom is -0.0922 e. The molecular weight excluding hydrogens is 296 g/mol. The molecule has 0 bridgehead atoms. The van der Waals surface area contributed by atoms with E-state index in [1.165, 1.54) is 43.2 Å². The van der Waals surface area contributed by atoms with E-state index in [1.807, 2.05) is 0 Å². The number of benzene rings is 1. The zero-order valence-corrected chi connectivity index (χ0v) is 12.8. The third-order valence-corrected chi connectivity index (χ3v) is 5.51. The Morgan fingerprint density at radius 1 is 1.24 bits per heavy atom. The molecule has 0 atom stereocenters. The summed E-state index contributed by atoms with van der Waals surface area (Å²) >= 11 is 10.1. The minimum absolute atomic E-state index is 0.442. The second-order valence-electron chi connectivity index (χ2n) is 5.47. The number of aryl methyl sites for hydroxylation is 1. The van der Waals surface area contributed by atoms with Crippen molar-refractivity contribution in [2.45, 2.75) is 45.4 Å². The van der Waals surface area contributed by atoms with Crippen molar-refractivity contribution >= 4 is 27.5 Å². The van der Waals surface area contributed by atoms with E-state index < -0.39 is 0 Å². The van der Waals surface area contributed by atoms with E-state index in [-0.39, 0.29) is 0 Å². The molecule has 0 aromatic heterocycles. The normalized spacial score (nSPS) is 19.2. The van der Waals surface area contributed by atoms with Crippen molar-refractivity contribution in [2.75, 3.05) is 5.33 Å². The monoisotopic (exact) mass is 314 g/mol. The molecule has 1 aliphatic carbocycles. The Morgan fingerprint density at radius 3 is 2.53 bits per heavy atom. The van der Waals surface area contributed by atoms with Gasteiger partial charge in [-0.2, -0.15) is 0 Å². The van der Waals surface area contributed by atoms with Crippen LogP contribution >= 0.6 is 27.5 Å². The van der Waals surface area contributed by atoms with Gasteiger partial charge in [0.25, 0.3) is 0 Å². The number of hydrogen-bond acceptors (Lipinski definition) is 0. The maximum atomic E-state index is 6.35. The first-order valence-corrected chi connectivity index (χ1v) is 7.96. The first-order chi connectivity index (χ1) is 8.15. The molecule has 1 aliphatic rings. The van der Waals surface area contributed by atoms with Gasteiger partial charge in [0, 0.05) is 10.4 Å². The first-order valence-electron chi connectivity index (χ1n) is 6.46. The van der Waals surface area contributed by atoms with Crippen LogP contribution in [0.2, 0.25) is 5.02 Å². The summed E-state index contributed by atoms with van der Waals surface area (Å²) in [5.41, 5.74) is 3.01. The van der Waals surface area contributed by atoms with E-state index in [0.717, 1.165) is 16.8 Å². The van der Waals surface area contributed by atoms with Crippen LogP contribution in [0.4, 0.5) is 0 Å². The van der Waals surface area contributed by atoms with E-state index in [0.29, 0.717) is 5.41 Å². The van der Waals surface area contributed by atoms with Crippen molar-refractivity contribution in [2.24, 2.45) is 5.41 Å². The third kappa shape index (κ3) is 3.26. The number of hydrogen-bond donors (Lipinski definition) is 0. The quantitative estimate of drug-likeness (QED) is 0.643. The molecule has 0 unspecified atom stereocenters. The van der Waals surface area contributed by atoms with E-state index in [2.05, 4.69) is 41.1 Å². The fourth-order valence-corrected chi connectivity index (χ4v) is 3.92. The van der Waals surface area contributed by atoms with Gasteiger partial charge in [-0.1, -0.05) is 58.9 Å². The molecule has 0 N–H and O–H groups in total. The smallest absolute Gasteiger partial charge is 0.0440 e. The van der Waals surface area contributed by atoms with Crippen molar-refractivity contribution in [1.29, 1.82) is 0 Å². The molecule has 0 spiro atoms. The standard InChI is InChI=1S/C15H20BrCl/c1-12-5-6-13(14(17)9-12)10-15(11-16)7-3-2-4-8-15/h5-6,9H,2-4,7-8,10-11H2,1H3. The SMILES string of the molecule is Cc1ccc(CC2(CBr)CCCCC2)c(Cl)c1. The van der Waals surface area contributed by atoms with Gasteiger partial charge in [-0.15, -0.1) is 0 Å². The zero-order valence-electron chi connectivity index (χ0n) is 10.4. The van der Waals surface area contributed by atoms with Crippen LogP contribution in [0.1, 0.15) is 43.2 Å². The Hall–Kier alpha value is -0.0100. The van der Waals surface area contributed by atoms with Gasteiger partial charge in [0.1, 0.15) is 0 Å². The minimum atomic E-state index is 0.442. The number of alkyl halides is 1. The van der Waals surface area contributed by atoms with Crippen molar-refractivity contribution < 1.29 is 0 Å². The highest BCUT2D eigenvalue weighted by molar-refractivity contribution is 9.09. The summed E-state index contributed by atoms with van der Waals surface area (Å²) in [6, 6.07) is 6.46. The fraction of sp³-hybridized carbons (Fsp3) is 0.600. The van der Waals surface area contributed by atoms with Gasteiger partial charge >= 0.3 is 0 Å². The molecule has 2 rings (SSSR count). The molecule has 0 radical (unpaired) electrons. The topological polar surface area (TPSA) is 0 Å². The first kappa shape index (κ1) is 13.4. The third-order valence-electron chi connectivity index (χ3n) is 3.97. The van der Waals surface area contributed by atoms with E-state index in [9.17, 15) is 0 Å². The van der Waals surface area contributed by atoms with Crippen molar-refractivity contribution in [1.82, 2.24) is 0 Å². The molecule has 0 nitrogen and oxygen atoms in total. The predicted octanol–water partition coefficient (Wildman–Crippen LogP) is 5.54. The maximum Gasteiger partial charge on any atom is 0.0440 e. The lowest BCUT2D eigenvalue weighted by Crippen LogP contribution is -2.28. The van der Waals surface area contributed by atoms with Crippen molar-refractivity contribution in [3.63, 3.8) is 0 Å². The summed E-state index contributed by atoms with van der Waals surface area (Å²) in [6.07, 6.45) is 7.93. The summed E-state index contributed by atoms with van der Waals surface area (Å²) in [5, 5.41) is 2.04. The lowest BCUT2D eigenvalue weighted by molar-refractivity contribution is 0.223. The van der Waals surface area contributed by atoms with Gasteiger partial charge in [-0.05, 0) is 48.8 Å². The summed E-state index contributed by atoms with van der Waals surface area (Å²) in [4.78, 5) is 0. The van der Waals surface area contributed by atoms with E-state index >= 15 is 0 Å². The van der Waals surface area contributed by atoms with E-state index in [4.69, 9.17) is 11.6 Å². The van der Waals surface area contributed by atoms with E-state index in [1.54, 1.807) is 0 Å². The van der Waals surface area contributed by atoms with Gasteiger partial charge in [0.15, 0.2) is 0 Å². The van der Waals surface area contributed by atoms with Crippen molar-refractivity contribution in [3.8, 4) is 0 Å². The van der Waals surface area contributed by atoms with Crippen LogP contribution in [-0.4, -0.2) is 5.33 Å². The molecule has 94 valence electrons. The van der Waals surface area contributed by atoms with Gasteiger partial charge in [-0.3, -0.25) is 0 Å². The summed E-state index contributed by atoms with van der Waals surface area (Å²) < 4.78 is 0. The van der Waals surface area contributed by atoms with Crippen LogP contribution in [0.5, 0.6) is 0 Å². The molecule has 0 amide bonds. The highest BCUT2D eigenvalue weighted by atomic mass is 79.9. The molecule has 0 saturated heterocycles. The Kier molecular flexibility index (Phi) is 4.54. The highest BCUT2D eigenvalue weighted by Gasteiger charge is 2.31. The van der Waals surface area contributed by atoms with Crippen LogP contribution in [0.25, 0.3) is 0 Å². The largest absolute Gasteiger partial charge is 0.0922 e. The predicted molar refractivity (Wildman–Crippen MR) is 79.2 cm³/mol. The molecule has 1 aromatic carbocycles. The van der Waals surface area contributed by atoms with Crippen LogP contribution in [0, 0.1) is 12.3 Å². The average molecular weight is 316 g/mol. The Morgan fingerprint density at radius 2 is 1.94 bits per heavy atom. The average Bonchev–Trinajstić information content (AvgIpc) is 2.34. The van der Waals surface area contributed by atoms with Crippen LogP contribution < -0.4 is 0 Å². The van der Waals surface area contributed by atoms with Gasteiger partial charge in [0.05, 0.1) is 0 Å². The Bertz CT molecular complexity index is 381. The lowest BCUT2D eigenvalue weighted by Gasteiger charge is -2.36. The van der Waals surface area contributed by atoms with Gasteiger partial charge in [0.2, 0.25) is 0 Å². The molecule has 17 heavy (non-hydrogen) atoms. The molecule has 0 heterocycles. The number of rotatable bonds is 3. The fourth-order valence-electron chi connectivity index (χ4n) is 2.86. The number of halogens is 2. The summed E-state index contributed by atoms with van der Waals surface area (Å²) in [5.74, 6) is 0. The molecule has 0 aliphatic heterocycles. The lowest BCUT2D eigenvalue weighted by atomic mass is 9.72. The molecule has 1 aromatic rings. The Labute approximate surface area is 118 Å². The highest BCUT2D eigenvalue weighted by Crippen LogP contribution is 2.41. The Balaban J connectivity index is 2.17. The molecular formula is C15H20BrCl. The second-order valence-corrected chi connectivity index (χ2v) is 6.43. The van der Waals surface area contributed by atoms with Crippen LogP contribution in [0.3, 0.4) is 0 Å². The second kappa shape index (κ2) is 5.75. The van der Waals surface area contributed by atoms with Crippen molar-refractivity contribution in [3.05, 3.63) is 34.3 Å². The van der Waals surface area contributed by atoms with Gasteiger partial charge < -0.3 is 0 Å². The van der Waals surface area contributed by atoms with Crippen LogP contribution in [-0.2, 0) is 6.42 Å². The van der Waals surface area contributed by atoms with Gasteiger partial charge in [-0.25, -0.2) is 0 Å². The maximum absolute atomic E-state index is 6.35. The zero-order chi connectivity index (χ0) is 12.3. The summed E-state index contributed by atoms with van der Waals surface area (Å²) in [6.45, 7) is 2.09.